The van der Waals surface area contributed by atoms with Crippen LogP contribution in [0, 0.1) is 27.6 Å². The Bertz CT molecular complexity index is 879. The predicted molar refractivity (Wildman–Crippen MR) is 103 cm³/mol. The second kappa shape index (κ2) is 6.42. The Labute approximate surface area is 160 Å². The van der Waals surface area contributed by atoms with Crippen molar-refractivity contribution in [3.63, 3.8) is 0 Å². The molecule has 4 nitrogen and oxygen atoms in total. The number of rotatable bonds is 5. The second-order valence-corrected chi connectivity index (χ2v) is 8.10. The number of nitrogens with zero attached hydrogens (tertiary/aromatic N) is 1. The van der Waals surface area contributed by atoms with Crippen molar-refractivity contribution in [1.29, 1.82) is 5.26 Å². The maximum atomic E-state index is 12.9. The lowest BCUT2D eigenvalue weighted by Crippen LogP contribution is -2.31. The Hall–Kier alpha value is -2.80. The van der Waals surface area contributed by atoms with Gasteiger partial charge in [0, 0.05) is 0 Å². The van der Waals surface area contributed by atoms with Crippen molar-refractivity contribution in [2.75, 3.05) is 7.11 Å². The average Bonchev–Trinajstić information content (AvgIpc) is 3.01. The van der Waals surface area contributed by atoms with Gasteiger partial charge in [0.2, 0.25) is 0 Å². The zero-order valence-electron chi connectivity index (χ0n) is 16.4. The highest BCUT2D eigenvalue weighted by molar-refractivity contribution is 5.86. The summed E-state index contributed by atoms with van der Waals surface area (Å²) in [5, 5.41) is 10.0. The fourth-order valence-corrected chi connectivity index (χ4v) is 4.67. The van der Waals surface area contributed by atoms with Crippen LogP contribution in [0.3, 0.4) is 0 Å². The number of para-hydroxylation sites is 1. The molecule has 1 unspecified atom stereocenters. The van der Waals surface area contributed by atoms with Crippen molar-refractivity contribution in [3.05, 3.63) is 60.2 Å². The van der Waals surface area contributed by atoms with E-state index < -0.39 is 11.3 Å². The molecule has 0 saturated heterocycles. The normalized spacial score (nSPS) is 19.4. The number of benzene rings is 2. The van der Waals surface area contributed by atoms with E-state index in [2.05, 4.69) is 6.07 Å². The summed E-state index contributed by atoms with van der Waals surface area (Å²) in [4.78, 5) is 12.9. The number of hydrogen-bond donors (Lipinski definition) is 0. The van der Waals surface area contributed by atoms with Crippen LogP contribution >= 0.6 is 0 Å². The lowest BCUT2D eigenvalue weighted by atomic mass is 9.77. The fourth-order valence-electron chi connectivity index (χ4n) is 4.67. The third-order valence-corrected chi connectivity index (χ3v) is 6.71. The van der Waals surface area contributed by atoms with Gasteiger partial charge < -0.3 is 9.47 Å². The topological polar surface area (TPSA) is 59.3 Å². The lowest BCUT2D eigenvalue weighted by Gasteiger charge is -2.25. The Kier molecular flexibility index (Phi) is 4.51. The van der Waals surface area contributed by atoms with Crippen molar-refractivity contribution in [2.45, 2.75) is 33.6 Å². The van der Waals surface area contributed by atoms with Gasteiger partial charge in [-0.1, -0.05) is 58.0 Å². The average molecular weight is 363 g/mol. The number of methoxy groups -OCH3 is 1. The van der Waals surface area contributed by atoms with Crippen LogP contribution in [-0.2, 0) is 9.53 Å². The fraction of sp³-hybridized carbons (Fsp3) is 0.391. The summed E-state index contributed by atoms with van der Waals surface area (Å²) < 4.78 is 11.1. The molecular formula is C23H25NO3. The van der Waals surface area contributed by atoms with Crippen LogP contribution in [0.2, 0.25) is 0 Å². The van der Waals surface area contributed by atoms with E-state index in [-0.39, 0.29) is 16.8 Å². The zero-order valence-corrected chi connectivity index (χ0v) is 16.4. The van der Waals surface area contributed by atoms with Crippen LogP contribution < -0.4 is 4.74 Å². The van der Waals surface area contributed by atoms with Gasteiger partial charge in [0.15, 0.2) is 0 Å². The van der Waals surface area contributed by atoms with Gasteiger partial charge >= 0.3 is 5.97 Å². The third-order valence-electron chi connectivity index (χ3n) is 6.71. The SMILES string of the molecule is COC(=O)C1(C(C#N)c2cccc(Oc3ccccc3)c2)C(C)(C)C1(C)C. The number of hydrogen-bond acceptors (Lipinski definition) is 4. The van der Waals surface area contributed by atoms with E-state index in [4.69, 9.17) is 9.47 Å². The zero-order chi connectivity index (χ0) is 19.9. The molecule has 3 rings (SSSR count). The summed E-state index contributed by atoms with van der Waals surface area (Å²) in [6, 6.07) is 19.3. The van der Waals surface area contributed by atoms with E-state index in [1.165, 1.54) is 7.11 Å². The molecular weight excluding hydrogens is 338 g/mol. The molecule has 2 aromatic carbocycles. The molecule has 1 aliphatic rings. The molecule has 27 heavy (non-hydrogen) atoms. The number of ether oxygens (including phenoxy) is 2. The first-order chi connectivity index (χ1) is 12.7. The predicted octanol–water partition coefficient (Wildman–Crippen LogP) is 5.31. The quantitative estimate of drug-likeness (QED) is 0.675. The van der Waals surface area contributed by atoms with Crippen molar-refractivity contribution in [3.8, 4) is 17.6 Å². The summed E-state index contributed by atoms with van der Waals surface area (Å²) in [6.45, 7) is 8.11. The summed E-state index contributed by atoms with van der Waals surface area (Å²) in [6.07, 6.45) is 0. The minimum Gasteiger partial charge on any atom is -0.469 e. The Balaban J connectivity index is 2.03. The molecule has 0 amide bonds. The van der Waals surface area contributed by atoms with Gasteiger partial charge in [0.05, 0.1) is 24.5 Å². The van der Waals surface area contributed by atoms with Crippen molar-refractivity contribution in [1.82, 2.24) is 0 Å². The van der Waals surface area contributed by atoms with Gasteiger partial charge in [0.25, 0.3) is 0 Å². The number of carbonyl (C=O) groups excluding carboxylic acids is 1. The summed E-state index contributed by atoms with van der Waals surface area (Å²) in [5.74, 6) is 0.390. The minimum atomic E-state index is -0.908. The molecule has 0 heterocycles. The maximum Gasteiger partial charge on any atom is 0.314 e. The van der Waals surface area contributed by atoms with Gasteiger partial charge in [-0.2, -0.15) is 5.26 Å². The highest BCUT2D eigenvalue weighted by Gasteiger charge is 2.84. The summed E-state index contributed by atoms with van der Waals surface area (Å²) in [5.41, 5.74) is -0.891. The van der Waals surface area contributed by atoms with Crippen LogP contribution in [0.4, 0.5) is 0 Å². The first-order valence-electron chi connectivity index (χ1n) is 9.05. The molecule has 0 N–H and O–H groups in total. The molecule has 2 aromatic rings. The van der Waals surface area contributed by atoms with Gasteiger partial charge in [-0.05, 0) is 40.7 Å². The van der Waals surface area contributed by atoms with Gasteiger partial charge in [-0.25, -0.2) is 0 Å². The van der Waals surface area contributed by atoms with E-state index in [1.807, 2.05) is 82.3 Å². The Morgan fingerprint density at radius 2 is 1.56 bits per heavy atom. The molecule has 0 aromatic heterocycles. The number of esters is 1. The van der Waals surface area contributed by atoms with Crippen molar-refractivity contribution < 1.29 is 14.3 Å². The second-order valence-electron chi connectivity index (χ2n) is 8.10. The van der Waals surface area contributed by atoms with Crippen LogP contribution in [0.1, 0.15) is 39.2 Å². The molecule has 0 spiro atoms. The van der Waals surface area contributed by atoms with Gasteiger partial charge in [-0.15, -0.1) is 0 Å². The van der Waals surface area contributed by atoms with Crippen molar-refractivity contribution in [2.24, 2.45) is 16.2 Å². The Morgan fingerprint density at radius 3 is 2.07 bits per heavy atom. The van der Waals surface area contributed by atoms with E-state index in [9.17, 15) is 10.1 Å². The molecule has 1 saturated carbocycles. The highest BCUT2D eigenvalue weighted by atomic mass is 16.5. The van der Waals surface area contributed by atoms with E-state index in [0.717, 1.165) is 11.3 Å². The molecule has 4 heteroatoms. The van der Waals surface area contributed by atoms with Crippen LogP contribution in [0.25, 0.3) is 0 Å². The maximum absolute atomic E-state index is 12.9. The molecule has 0 radical (unpaired) electrons. The monoisotopic (exact) mass is 363 g/mol. The van der Waals surface area contributed by atoms with Gasteiger partial charge in [-0.3, -0.25) is 4.79 Å². The largest absolute Gasteiger partial charge is 0.469 e. The smallest absolute Gasteiger partial charge is 0.314 e. The standard InChI is InChI=1S/C23H25NO3/c1-21(2)22(3,4)23(21,20(25)26-5)19(15-24)16-10-9-13-18(14-16)27-17-11-7-6-8-12-17/h6-14,19H,1-5H3. The minimum absolute atomic E-state index is 0.335. The first kappa shape index (κ1) is 19.0. The molecule has 1 atom stereocenters. The summed E-state index contributed by atoms with van der Waals surface area (Å²) in [7, 11) is 1.39. The van der Waals surface area contributed by atoms with Gasteiger partial charge in [0.1, 0.15) is 11.5 Å². The van der Waals surface area contributed by atoms with E-state index >= 15 is 0 Å². The molecule has 1 aliphatic carbocycles. The Morgan fingerprint density at radius 1 is 0.963 bits per heavy atom. The van der Waals surface area contributed by atoms with Crippen LogP contribution in [0.15, 0.2) is 54.6 Å². The number of nitriles is 1. The lowest BCUT2D eigenvalue weighted by molar-refractivity contribution is -0.150. The molecule has 140 valence electrons. The van der Waals surface area contributed by atoms with Crippen molar-refractivity contribution >= 4 is 5.97 Å². The number of carbonyl (C=O) groups is 1. The molecule has 0 aliphatic heterocycles. The summed E-state index contributed by atoms with van der Waals surface area (Å²) >= 11 is 0. The molecule has 0 bridgehead atoms. The molecule has 1 fully saturated rings. The van der Waals surface area contributed by atoms with Crippen LogP contribution in [-0.4, -0.2) is 13.1 Å². The first-order valence-corrected chi connectivity index (χ1v) is 9.05. The van der Waals surface area contributed by atoms with E-state index in [0.29, 0.717) is 5.75 Å². The van der Waals surface area contributed by atoms with Crippen LogP contribution in [0.5, 0.6) is 11.5 Å². The van der Waals surface area contributed by atoms with E-state index in [1.54, 1.807) is 0 Å². The highest BCUT2D eigenvalue weighted by Crippen LogP contribution is 2.82. The third kappa shape index (κ3) is 2.53.